The molecule has 0 radical (unpaired) electrons. The second-order valence-corrected chi connectivity index (χ2v) is 8.56. The summed E-state index contributed by atoms with van der Waals surface area (Å²) in [5.41, 5.74) is -2.53. The lowest BCUT2D eigenvalue weighted by Crippen LogP contribution is -2.28. The minimum absolute atomic E-state index is 0.0441. The molecule has 0 spiro atoms. The van der Waals surface area contributed by atoms with E-state index in [0.717, 1.165) is 22.5 Å². The number of halogens is 6. The van der Waals surface area contributed by atoms with Crippen LogP contribution in [0.5, 0.6) is 11.5 Å². The number of pyridine rings is 2. The highest BCUT2D eigenvalue weighted by molar-refractivity contribution is 5.34. The van der Waals surface area contributed by atoms with Crippen molar-refractivity contribution in [2.75, 3.05) is 0 Å². The van der Waals surface area contributed by atoms with Crippen molar-refractivity contribution in [2.24, 2.45) is 14.1 Å². The molecule has 0 aliphatic rings. The fraction of sp³-hybridized carbons (Fsp3) is 0.360. The van der Waals surface area contributed by atoms with Crippen molar-refractivity contribution < 1.29 is 46.4 Å². The molecule has 0 fully saturated rings. The van der Waals surface area contributed by atoms with Gasteiger partial charge in [-0.05, 0) is 19.4 Å². The van der Waals surface area contributed by atoms with Gasteiger partial charge in [-0.1, -0.05) is 30.3 Å². The maximum absolute atomic E-state index is 12.7. The topological polar surface area (TPSA) is 114 Å². The highest BCUT2D eigenvalue weighted by atomic mass is 19.4. The van der Waals surface area contributed by atoms with Crippen LogP contribution in [0.2, 0.25) is 0 Å². The van der Waals surface area contributed by atoms with E-state index in [2.05, 4.69) is 0 Å². The molecule has 1 aromatic carbocycles. The Balaban J connectivity index is 0.000000293. The second kappa shape index (κ2) is 11.9. The Kier molecular flexibility index (Phi) is 9.63. The number of benzene rings is 1. The van der Waals surface area contributed by atoms with Crippen molar-refractivity contribution in [1.29, 1.82) is 0 Å². The fourth-order valence-electron chi connectivity index (χ4n) is 3.29. The zero-order chi connectivity index (χ0) is 29.9. The highest BCUT2D eigenvalue weighted by Crippen LogP contribution is 2.33. The predicted octanol–water partition coefficient (Wildman–Crippen LogP) is 3.86. The molecule has 8 nitrogen and oxygen atoms in total. The monoisotopic (exact) mass is 564 g/mol. The summed E-state index contributed by atoms with van der Waals surface area (Å²) in [5, 5.41) is 27.6. The number of hydrogen-bond acceptors (Lipinski definition) is 6. The van der Waals surface area contributed by atoms with Gasteiger partial charge in [-0.2, -0.15) is 26.3 Å². The third-order valence-electron chi connectivity index (χ3n) is 5.78. The van der Waals surface area contributed by atoms with E-state index in [1.165, 1.54) is 25.6 Å². The Hall–Kier alpha value is -3.78. The van der Waals surface area contributed by atoms with Crippen molar-refractivity contribution in [3.8, 4) is 11.5 Å². The zero-order valence-corrected chi connectivity index (χ0v) is 21.1. The van der Waals surface area contributed by atoms with Crippen LogP contribution in [0.3, 0.4) is 0 Å². The fourth-order valence-corrected chi connectivity index (χ4v) is 3.29. The van der Waals surface area contributed by atoms with Gasteiger partial charge < -0.3 is 29.2 Å². The molecular formula is C25H26F6N2O6. The number of nitrogens with zero attached hydrogens (tertiary/aromatic N) is 2. The second-order valence-electron chi connectivity index (χ2n) is 8.56. The van der Waals surface area contributed by atoms with E-state index in [4.69, 9.17) is 9.84 Å². The maximum atomic E-state index is 12.7. The number of rotatable bonds is 5. The van der Waals surface area contributed by atoms with Crippen LogP contribution in [0.1, 0.15) is 40.3 Å². The van der Waals surface area contributed by atoms with E-state index in [-0.39, 0.29) is 18.1 Å². The summed E-state index contributed by atoms with van der Waals surface area (Å²) in [6.45, 7) is 2.98. The number of hydrogen-bond donors (Lipinski definition) is 3. The molecule has 2 aromatic heterocycles. The van der Waals surface area contributed by atoms with Crippen LogP contribution in [0, 0.1) is 13.8 Å². The van der Waals surface area contributed by atoms with E-state index in [0.29, 0.717) is 5.69 Å². The number of aryl methyl sites for hydroxylation is 2. The Labute approximate surface area is 218 Å². The Morgan fingerprint density at radius 3 is 1.69 bits per heavy atom. The first-order valence-electron chi connectivity index (χ1n) is 11.1. The summed E-state index contributed by atoms with van der Waals surface area (Å²) >= 11 is 0. The smallest absolute Gasteiger partial charge is 0.418 e. The van der Waals surface area contributed by atoms with Crippen molar-refractivity contribution in [3.05, 3.63) is 91.3 Å². The average Bonchev–Trinajstić information content (AvgIpc) is 2.86. The van der Waals surface area contributed by atoms with E-state index < -0.39 is 52.3 Å². The first-order chi connectivity index (χ1) is 17.9. The first-order valence-corrected chi connectivity index (χ1v) is 11.1. The van der Waals surface area contributed by atoms with Gasteiger partial charge in [0, 0.05) is 26.5 Å². The number of aliphatic hydroxyl groups excluding tert-OH is 2. The molecule has 39 heavy (non-hydrogen) atoms. The zero-order valence-electron chi connectivity index (χ0n) is 21.1. The van der Waals surface area contributed by atoms with E-state index >= 15 is 0 Å². The molecule has 2 atom stereocenters. The molecule has 2 heterocycles. The van der Waals surface area contributed by atoms with Crippen LogP contribution in [0.25, 0.3) is 0 Å². The molecule has 0 saturated heterocycles. The molecule has 214 valence electrons. The third kappa shape index (κ3) is 7.41. The molecular weight excluding hydrogens is 538 g/mol. The lowest BCUT2D eigenvalue weighted by atomic mass is 10.1. The van der Waals surface area contributed by atoms with Crippen LogP contribution in [-0.2, 0) is 20.7 Å². The molecule has 14 heteroatoms. The van der Waals surface area contributed by atoms with Crippen molar-refractivity contribution in [3.63, 3.8) is 0 Å². The average molecular weight is 564 g/mol. The molecule has 0 aliphatic heterocycles. The summed E-state index contributed by atoms with van der Waals surface area (Å²) in [6.07, 6.45) is -13.8. The molecule has 3 rings (SSSR count). The predicted molar refractivity (Wildman–Crippen MR) is 127 cm³/mol. The molecule has 3 aromatic rings. The van der Waals surface area contributed by atoms with Crippen LogP contribution >= 0.6 is 0 Å². The van der Waals surface area contributed by atoms with E-state index in [9.17, 15) is 46.1 Å². The molecule has 0 bridgehead atoms. The summed E-state index contributed by atoms with van der Waals surface area (Å²) in [7, 11) is 2.85. The van der Waals surface area contributed by atoms with Gasteiger partial charge in [0.1, 0.15) is 6.61 Å². The molecule has 0 aliphatic carbocycles. The highest BCUT2D eigenvalue weighted by Gasteiger charge is 2.42. The summed E-state index contributed by atoms with van der Waals surface area (Å²) in [5.74, 6) is -0.986. The molecule has 0 amide bonds. The Morgan fingerprint density at radius 1 is 0.795 bits per heavy atom. The molecule has 2 unspecified atom stereocenters. The summed E-state index contributed by atoms with van der Waals surface area (Å²) in [4.78, 5) is 23.6. The van der Waals surface area contributed by atoms with Crippen LogP contribution in [0.15, 0.2) is 52.3 Å². The summed E-state index contributed by atoms with van der Waals surface area (Å²) < 4.78 is 82.6. The minimum Gasteiger partial charge on any atom is -0.503 e. The number of aromatic nitrogens is 2. The van der Waals surface area contributed by atoms with Gasteiger partial charge >= 0.3 is 12.4 Å². The van der Waals surface area contributed by atoms with E-state index in [1.54, 1.807) is 31.2 Å². The molecule has 0 saturated carbocycles. The third-order valence-corrected chi connectivity index (χ3v) is 5.78. The standard InChI is InChI=1S/C16H16F3NO3.C9H10F3NO3/c1-10-14(23-9-11-6-4-3-5-7-11)13(21)12(8-20(10)2)15(22)16(17,18)19;1-4-6(14)7(15)5(3-13(4)2)8(16)9(10,11)12/h3-8,15,22H,9H2,1-2H3;3,8,14,16H,1-2H3. The number of alkyl halides is 6. The largest absolute Gasteiger partial charge is 0.503 e. The van der Waals surface area contributed by atoms with Gasteiger partial charge in [-0.3, -0.25) is 9.59 Å². The Bertz CT molecular complexity index is 1410. The number of aromatic hydroxyl groups is 1. The maximum Gasteiger partial charge on any atom is 0.418 e. The van der Waals surface area contributed by atoms with Crippen molar-refractivity contribution in [2.45, 2.75) is 45.0 Å². The first kappa shape index (κ1) is 31.4. The normalized spacial score (nSPS) is 13.3. The van der Waals surface area contributed by atoms with Crippen molar-refractivity contribution in [1.82, 2.24) is 9.13 Å². The quantitative estimate of drug-likeness (QED) is 0.406. The van der Waals surface area contributed by atoms with Gasteiger partial charge in [0.15, 0.2) is 23.7 Å². The minimum atomic E-state index is -4.94. The van der Waals surface area contributed by atoms with Gasteiger partial charge in [-0.15, -0.1) is 0 Å². The van der Waals surface area contributed by atoms with Crippen LogP contribution in [-0.4, -0.2) is 36.8 Å². The van der Waals surface area contributed by atoms with Gasteiger partial charge in [-0.25, -0.2) is 0 Å². The number of aliphatic hydroxyl groups is 2. The number of ether oxygens (including phenoxy) is 1. The SMILES string of the molecule is Cc1c(O)c(=O)c(C(O)C(F)(F)F)cn1C.Cc1c(OCc2ccccc2)c(=O)c(C(O)C(F)(F)F)cn1C. The van der Waals surface area contributed by atoms with Gasteiger partial charge in [0.2, 0.25) is 10.9 Å². The van der Waals surface area contributed by atoms with E-state index in [1.807, 2.05) is 6.07 Å². The summed E-state index contributed by atoms with van der Waals surface area (Å²) in [6, 6.07) is 8.93. The van der Waals surface area contributed by atoms with Crippen LogP contribution < -0.4 is 15.6 Å². The lowest BCUT2D eigenvalue weighted by molar-refractivity contribution is -0.207. The molecule has 3 N–H and O–H groups in total. The lowest BCUT2D eigenvalue weighted by Gasteiger charge is -2.18. The van der Waals surface area contributed by atoms with Gasteiger partial charge in [0.05, 0.1) is 22.5 Å². The van der Waals surface area contributed by atoms with Crippen LogP contribution in [0.4, 0.5) is 26.3 Å². The van der Waals surface area contributed by atoms with Gasteiger partial charge in [0.25, 0.3) is 0 Å². The Morgan fingerprint density at radius 2 is 1.23 bits per heavy atom. The van der Waals surface area contributed by atoms with Crippen molar-refractivity contribution >= 4 is 0 Å².